The van der Waals surface area contributed by atoms with Crippen LogP contribution in [0.15, 0.2) is 59.5 Å². The van der Waals surface area contributed by atoms with E-state index in [1.165, 1.54) is 22.5 Å². The van der Waals surface area contributed by atoms with Crippen LogP contribution in [0.1, 0.15) is 11.1 Å². The standard InChI is InChI=1S/C21H25N3O6S2/c1-31(26,27)23-19-7-2-17(3-8-19)6-11-21(25)22-16-18-4-9-20(10-5-18)32(28,29)24-12-14-30-15-13-24/h2-11,23H,12-16H2,1H3,(H,22,25)/b11-6+. The van der Waals surface area contributed by atoms with E-state index in [0.717, 1.165) is 17.4 Å². The maximum Gasteiger partial charge on any atom is 0.244 e. The number of hydrogen-bond acceptors (Lipinski definition) is 6. The van der Waals surface area contributed by atoms with Crippen LogP contribution in [0.5, 0.6) is 0 Å². The molecule has 0 aromatic heterocycles. The summed E-state index contributed by atoms with van der Waals surface area (Å²) in [6.07, 6.45) is 4.05. The number of benzene rings is 2. The molecule has 0 radical (unpaired) electrons. The summed E-state index contributed by atoms with van der Waals surface area (Å²) in [5.41, 5.74) is 1.94. The summed E-state index contributed by atoms with van der Waals surface area (Å²) in [6, 6.07) is 13.0. The molecular weight excluding hydrogens is 454 g/mol. The maximum atomic E-state index is 12.6. The van der Waals surface area contributed by atoms with Gasteiger partial charge in [-0.05, 0) is 41.5 Å². The van der Waals surface area contributed by atoms with Gasteiger partial charge in [-0.3, -0.25) is 9.52 Å². The van der Waals surface area contributed by atoms with Gasteiger partial charge in [0.25, 0.3) is 0 Å². The quantitative estimate of drug-likeness (QED) is 0.552. The molecule has 0 spiro atoms. The molecule has 3 rings (SSSR count). The number of sulfonamides is 2. The van der Waals surface area contributed by atoms with Gasteiger partial charge in [-0.25, -0.2) is 16.8 Å². The van der Waals surface area contributed by atoms with Gasteiger partial charge >= 0.3 is 0 Å². The number of hydrogen-bond donors (Lipinski definition) is 2. The zero-order chi connectivity index (χ0) is 23.2. The number of morpholine rings is 1. The largest absolute Gasteiger partial charge is 0.379 e. The average molecular weight is 480 g/mol. The summed E-state index contributed by atoms with van der Waals surface area (Å²) in [6.45, 7) is 1.70. The Balaban J connectivity index is 1.52. The van der Waals surface area contributed by atoms with Crippen molar-refractivity contribution in [2.24, 2.45) is 0 Å². The van der Waals surface area contributed by atoms with Gasteiger partial charge < -0.3 is 10.1 Å². The lowest BCUT2D eigenvalue weighted by Crippen LogP contribution is -2.40. The second-order valence-corrected chi connectivity index (χ2v) is 10.9. The van der Waals surface area contributed by atoms with Gasteiger partial charge in [0.15, 0.2) is 0 Å². The second kappa shape index (κ2) is 10.3. The zero-order valence-corrected chi connectivity index (χ0v) is 19.2. The minimum Gasteiger partial charge on any atom is -0.379 e. The molecule has 1 aliphatic rings. The average Bonchev–Trinajstić information content (AvgIpc) is 2.77. The molecule has 1 amide bonds. The molecule has 2 N–H and O–H groups in total. The molecular formula is C21H25N3O6S2. The molecule has 0 atom stereocenters. The highest BCUT2D eigenvalue weighted by atomic mass is 32.2. The van der Waals surface area contributed by atoms with E-state index in [2.05, 4.69) is 10.0 Å². The summed E-state index contributed by atoms with van der Waals surface area (Å²) in [5, 5.41) is 2.74. The van der Waals surface area contributed by atoms with Gasteiger partial charge in [-0.15, -0.1) is 0 Å². The fraction of sp³-hybridized carbons (Fsp3) is 0.286. The zero-order valence-electron chi connectivity index (χ0n) is 17.5. The molecule has 0 aliphatic carbocycles. The van der Waals surface area contributed by atoms with Crippen LogP contribution in [0.4, 0.5) is 5.69 Å². The third-order valence-corrected chi connectivity index (χ3v) is 7.16. The Bertz CT molecular complexity index is 1170. The number of rotatable bonds is 8. The molecule has 0 bridgehead atoms. The van der Waals surface area contributed by atoms with Gasteiger partial charge in [0.2, 0.25) is 26.0 Å². The van der Waals surface area contributed by atoms with Crippen molar-refractivity contribution in [2.75, 3.05) is 37.3 Å². The summed E-state index contributed by atoms with van der Waals surface area (Å²) in [5.74, 6) is -0.312. The fourth-order valence-electron chi connectivity index (χ4n) is 3.01. The third-order valence-electron chi connectivity index (χ3n) is 4.64. The summed E-state index contributed by atoms with van der Waals surface area (Å²) in [4.78, 5) is 12.3. The molecule has 32 heavy (non-hydrogen) atoms. The number of amides is 1. The van der Waals surface area contributed by atoms with E-state index in [4.69, 9.17) is 4.74 Å². The highest BCUT2D eigenvalue weighted by Crippen LogP contribution is 2.18. The number of carbonyl (C=O) groups excluding carboxylic acids is 1. The van der Waals surface area contributed by atoms with Crippen LogP contribution in [-0.4, -0.2) is 59.6 Å². The molecule has 172 valence electrons. The fourth-order valence-corrected chi connectivity index (χ4v) is 4.98. The first-order valence-corrected chi connectivity index (χ1v) is 13.2. The lowest BCUT2D eigenvalue weighted by atomic mass is 10.2. The van der Waals surface area contributed by atoms with E-state index in [9.17, 15) is 21.6 Å². The number of ether oxygens (including phenoxy) is 1. The Morgan fingerprint density at radius 3 is 2.22 bits per heavy atom. The first-order chi connectivity index (χ1) is 15.1. The molecule has 0 unspecified atom stereocenters. The number of anilines is 1. The number of nitrogens with zero attached hydrogens (tertiary/aromatic N) is 1. The SMILES string of the molecule is CS(=O)(=O)Nc1ccc(/C=C/C(=O)NCc2ccc(S(=O)(=O)N3CCOCC3)cc2)cc1. The van der Waals surface area contributed by atoms with Crippen molar-refractivity contribution in [3.63, 3.8) is 0 Å². The normalized spacial score (nSPS) is 15.5. The Labute approximate surface area is 188 Å². The van der Waals surface area contributed by atoms with Gasteiger partial charge in [-0.1, -0.05) is 24.3 Å². The monoisotopic (exact) mass is 479 g/mol. The van der Waals surface area contributed by atoms with Crippen molar-refractivity contribution in [2.45, 2.75) is 11.4 Å². The number of nitrogens with one attached hydrogen (secondary N) is 2. The molecule has 9 nitrogen and oxygen atoms in total. The van der Waals surface area contributed by atoms with Crippen molar-refractivity contribution in [1.29, 1.82) is 0 Å². The molecule has 0 saturated carbocycles. The highest BCUT2D eigenvalue weighted by molar-refractivity contribution is 7.92. The van der Waals surface area contributed by atoms with E-state index >= 15 is 0 Å². The van der Waals surface area contributed by atoms with E-state index in [1.807, 2.05) is 0 Å². The van der Waals surface area contributed by atoms with Crippen LogP contribution >= 0.6 is 0 Å². The minimum absolute atomic E-state index is 0.211. The van der Waals surface area contributed by atoms with Crippen LogP contribution < -0.4 is 10.0 Å². The second-order valence-electron chi connectivity index (χ2n) is 7.21. The van der Waals surface area contributed by atoms with Crippen LogP contribution in [0.25, 0.3) is 6.08 Å². The van der Waals surface area contributed by atoms with Crippen LogP contribution in [0.3, 0.4) is 0 Å². The van der Waals surface area contributed by atoms with Crippen LogP contribution in [0.2, 0.25) is 0 Å². The molecule has 2 aromatic carbocycles. The Hall–Kier alpha value is -2.73. The van der Waals surface area contributed by atoms with Crippen molar-refractivity contribution < 1.29 is 26.4 Å². The smallest absolute Gasteiger partial charge is 0.244 e. The van der Waals surface area contributed by atoms with Crippen molar-refractivity contribution in [1.82, 2.24) is 9.62 Å². The highest BCUT2D eigenvalue weighted by Gasteiger charge is 2.26. The molecule has 11 heteroatoms. The third kappa shape index (κ3) is 6.89. The predicted octanol–water partition coefficient (Wildman–Crippen LogP) is 1.41. The summed E-state index contributed by atoms with van der Waals surface area (Å²) in [7, 11) is -6.88. The number of carbonyl (C=O) groups is 1. The molecule has 1 aliphatic heterocycles. The lowest BCUT2D eigenvalue weighted by molar-refractivity contribution is -0.116. The molecule has 1 saturated heterocycles. The van der Waals surface area contributed by atoms with Gasteiger partial charge in [0.05, 0.1) is 24.4 Å². The van der Waals surface area contributed by atoms with E-state index in [0.29, 0.717) is 32.0 Å². The Morgan fingerprint density at radius 1 is 1.00 bits per heavy atom. The van der Waals surface area contributed by atoms with Crippen molar-refractivity contribution in [3.8, 4) is 0 Å². The maximum absolute atomic E-state index is 12.6. The lowest BCUT2D eigenvalue weighted by Gasteiger charge is -2.26. The Kier molecular flexibility index (Phi) is 7.67. The first kappa shape index (κ1) is 23.9. The van der Waals surface area contributed by atoms with Crippen molar-refractivity contribution in [3.05, 3.63) is 65.7 Å². The van der Waals surface area contributed by atoms with Crippen molar-refractivity contribution >= 4 is 37.7 Å². The van der Waals surface area contributed by atoms with Crippen LogP contribution in [-0.2, 0) is 36.1 Å². The summed E-state index contributed by atoms with van der Waals surface area (Å²) >= 11 is 0. The van der Waals surface area contributed by atoms with E-state index in [-0.39, 0.29) is 17.3 Å². The molecule has 1 fully saturated rings. The topological polar surface area (TPSA) is 122 Å². The Morgan fingerprint density at radius 2 is 1.62 bits per heavy atom. The van der Waals surface area contributed by atoms with Crippen LogP contribution in [0, 0.1) is 0 Å². The summed E-state index contributed by atoms with van der Waals surface area (Å²) < 4.78 is 56.7. The predicted molar refractivity (Wildman–Crippen MR) is 122 cm³/mol. The first-order valence-electron chi connectivity index (χ1n) is 9.84. The van der Waals surface area contributed by atoms with Gasteiger partial charge in [-0.2, -0.15) is 4.31 Å². The van der Waals surface area contributed by atoms with Gasteiger partial charge in [0, 0.05) is 31.4 Å². The van der Waals surface area contributed by atoms with E-state index < -0.39 is 20.0 Å². The molecule has 2 aromatic rings. The van der Waals surface area contributed by atoms with E-state index in [1.54, 1.807) is 42.5 Å². The van der Waals surface area contributed by atoms with Gasteiger partial charge in [0.1, 0.15) is 0 Å². The minimum atomic E-state index is -3.55. The molecule has 1 heterocycles.